The summed E-state index contributed by atoms with van der Waals surface area (Å²) in [5, 5.41) is 78.5. The second-order valence-electron chi connectivity index (χ2n) is 17.0. The molecule has 0 saturated heterocycles. The van der Waals surface area contributed by atoms with Crippen molar-refractivity contribution < 1.29 is 54.7 Å². The quantitative estimate of drug-likeness (QED) is 0.0763. The third-order valence-electron chi connectivity index (χ3n) is 13.1. The molecule has 59 heavy (non-hydrogen) atoms. The number of ether oxygens (including phenoxy) is 4. The summed E-state index contributed by atoms with van der Waals surface area (Å²) in [6.45, 7) is 2.96. The number of benzene rings is 2. The molecule has 0 radical (unpaired) electrons. The SMILES string of the molecule is COc1cc(CC2C(O)CSSC(CCO)c3cc(O)c(OC4CCC5CNCCC#CC6(CCCC(C)C6)C5C4)cc3CCC(OCO)CC2O)cc(OCO)c1O. The Balaban J connectivity index is 1.25. The van der Waals surface area contributed by atoms with Crippen LogP contribution in [0.4, 0.5) is 0 Å². The van der Waals surface area contributed by atoms with Crippen molar-refractivity contribution in [1.82, 2.24) is 5.32 Å². The summed E-state index contributed by atoms with van der Waals surface area (Å²) < 4.78 is 23.1. The second-order valence-corrected chi connectivity index (χ2v) is 19.7. The number of aliphatic hydroxyl groups excluding tert-OH is 5. The highest BCUT2D eigenvalue weighted by molar-refractivity contribution is 8.76. The highest BCUT2D eigenvalue weighted by atomic mass is 33.1. The van der Waals surface area contributed by atoms with Gasteiger partial charge < -0.3 is 60.0 Å². The van der Waals surface area contributed by atoms with Crippen LogP contribution in [-0.4, -0.2) is 106 Å². The van der Waals surface area contributed by atoms with E-state index in [1.165, 1.54) is 41.5 Å². The Bertz CT molecular complexity index is 1720. The molecular formula is C45H65NO11S2. The number of phenolic OH excluding ortho intramolecular Hbond substituents is 2. The molecule has 0 amide bonds. The van der Waals surface area contributed by atoms with Gasteiger partial charge in [0.05, 0.1) is 31.5 Å². The molecule has 8 N–H and O–H groups in total. The number of hydrogen-bond acceptors (Lipinski definition) is 14. The molecular weight excluding hydrogens is 795 g/mol. The Hall–Kier alpha value is -2.58. The van der Waals surface area contributed by atoms with Crippen LogP contribution in [0.1, 0.15) is 99.5 Å². The number of aliphatic hydroxyl groups is 5. The fourth-order valence-corrected chi connectivity index (χ4v) is 13.1. The number of aromatic hydroxyl groups is 2. The number of methoxy groups -OCH3 is 1. The maximum Gasteiger partial charge on any atom is 0.200 e. The molecule has 14 heteroatoms. The van der Waals surface area contributed by atoms with Crippen molar-refractivity contribution in [1.29, 1.82) is 0 Å². The fourth-order valence-electron chi connectivity index (χ4n) is 10.2. The van der Waals surface area contributed by atoms with Gasteiger partial charge in [-0.1, -0.05) is 47.3 Å². The van der Waals surface area contributed by atoms with Gasteiger partial charge in [-0.05, 0) is 129 Å². The molecule has 12 nitrogen and oxygen atoms in total. The molecule has 2 heterocycles. The lowest BCUT2D eigenvalue weighted by molar-refractivity contribution is -0.0808. The molecule has 2 fully saturated rings. The first-order valence-corrected chi connectivity index (χ1v) is 23.8. The van der Waals surface area contributed by atoms with E-state index in [1.807, 2.05) is 6.07 Å². The molecule has 10 atom stereocenters. The predicted octanol–water partition coefficient (Wildman–Crippen LogP) is 5.85. The van der Waals surface area contributed by atoms with Crippen molar-refractivity contribution in [3.8, 4) is 40.6 Å². The predicted molar refractivity (Wildman–Crippen MR) is 230 cm³/mol. The molecule has 10 unspecified atom stereocenters. The van der Waals surface area contributed by atoms with Crippen LogP contribution in [0.15, 0.2) is 24.3 Å². The highest BCUT2D eigenvalue weighted by Crippen LogP contribution is 2.53. The van der Waals surface area contributed by atoms with E-state index in [2.05, 4.69) is 24.1 Å². The van der Waals surface area contributed by atoms with Crippen LogP contribution < -0.4 is 19.5 Å². The lowest BCUT2D eigenvalue weighted by Gasteiger charge is -2.49. The van der Waals surface area contributed by atoms with Gasteiger partial charge in [0.1, 0.15) is 6.79 Å². The van der Waals surface area contributed by atoms with Crippen LogP contribution in [0.3, 0.4) is 0 Å². The van der Waals surface area contributed by atoms with Gasteiger partial charge in [-0.3, -0.25) is 0 Å². The molecule has 0 aromatic heterocycles. The molecule has 2 aromatic carbocycles. The number of aryl methyl sites for hydroxylation is 1. The van der Waals surface area contributed by atoms with E-state index >= 15 is 0 Å². The summed E-state index contributed by atoms with van der Waals surface area (Å²) in [5.74, 6) is 8.82. The maximum atomic E-state index is 11.7. The van der Waals surface area contributed by atoms with Gasteiger partial charge in [-0.15, -0.1) is 5.92 Å². The van der Waals surface area contributed by atoms with Crippen LogP contribution in [0, 0.1) is 40.9 Å². The topological polar surface area (TPSA) is 191 Å². The van der Waals surface area contributed by atoms with Gasteiger partial charge in [0.15, 0.2) is 29.8 Å². The first-order chi connectivity index (χ1) is 28.6. The summed E-state index contributed by atoms with van der Waals surface area (Å²) >= 11 is 0. The average Bonchev–Trinajstić information content (AvgIpc) is 3.29. The zero-order chi connectivity index (χ0) is 41.9. The third kappa shape index (κ3) is 11.7. The number of fused-ring (bicyclic) bond motifs is 3. The molecule has 4 aliphatic rings. The Labute approximate surface area is 357 Å². The number of hydrogen-bond donors (Lipinski definition) is 8. The van der Waals surface area contributed by atoms with Gasteiger partial charge in [-0.2, -0.15) is 0 Å². The minimum atomic E-state index is -1.05. The molecule has 1 spiro atoms. The molecule has 2 saturated carbocycles. The van der Waals surface area contributed by atoms with Gasteiger partial charge in [-0.25, -0.2) is 0 Å². The first kappa shape index (κ1) is 45.9. The summed E-state index contributed by atoms with van der Waals surface area (Å²) in [5.41, 5.74) is 2.38. The van der Waals surface area contributed by atoms with E-state index in [4.69, 9.17) is 18.9 Å². The molecule has 2 aromatic rings. The van der Waals surface area contributed by atoms with Crippen LogP contribution in [0.5, 0.6) is 28.7 Å². The third-order valence-corrected chi connectivity index (χ3v) is 15.9. The van der Waals surface area contributed by atoms with Crippen molar-refractivity contribution in [3.05, 3.63) is 41.0 Å². The lowest BCUT2D eigenvalue weighted by Crippen LogP contribution is -2.46. The maximum absolute atomic E-state index is 11.7. The normalized spacial score (nSPS) is 31.9. The summed E-state index contributed by atoms with van der Waals surface area (Å²) in [6, 6.07) is 6.85. The molecule has 0 bridgehead atoms. The monoisotopic (exact) mass is 859 g/mol. The number of phenols is 2. The van der Waals surface area contributed by atoms with Crippen LogP contribution in [0.25, 0.3) is 0 Å². The van der Waals surface area contributed by atoms with Crippen molar-refractivity contribution in [2.45, 2.75) is 120 Å². The van der Waals surface area contributed by atoms with Crippen molar-refractivity contribution in [3.63, 3.8) is 0 Å². The van der Waals surface area contributed by atoms with Crippen LogP contribution in [0.2, 0.25) is 0 Å². The molecule has 2 aliphatic carbocycles. The molecule has 6 rings (SSSR count). The summed E-state index contributed by atoms with van der Waals surface area (Å²) in [6.07, 6.45) is 7.26. The van der Waals surface area contributed by atoms with E-state index in [-0.39, 0.29) is 65.0 Å². The summed E-state index contributed by atoms with van der Waals surface area (Å²) in [7, 11) is 4.33. The smallest absolute Gasteiger partial charge is 0.200 e. The summed E-state index contributed by atoms with van der Waals surface area (Å²) in [4.78, 5) is 0. The van der Waals surface area contributed by atoms with E-state index in [1.54, 1.807) is 18.2 Å². The van der Waals surface area contributed by atoms with Crippen molar-refractivity contribution >= 4 is 21.6 Å². The first-order valence-electron chi connectivity index (χ1n) is 21.4. The Morgan fingerprint density at radius 3 is 2.53 bits per heavy atom. The minimum absolute atomic E-state index is 0.00965. The largest absolute Gasteiger partial charge is 0.504 e. The van der Waals surface area contributed by atoms with Gasteiger partial charge in [0, 0.05) is 41.9 Å². The van der Waals surface area contributed by atoms with E-state index in [9.17, 15) is 35.7 Å². The van der Waals surface area contributed by atoms with Crippen LogP contribution in [-0.2, 0) is 17.6 Å². The van der Waals surface area contributed by atoms with E-state index < -0.39 is 37.8 Å². The molecule has 2 aliphatic heterocycles. The number of rotatable bonds is 11. The zero-order valence-corrected chi connectivity index (χ0v) is 36.2. The Morgan fingerprint density at radius 1 is 0.932 bits per heavy atom. The minimum Gasteiger partial charge on any atom is -0.504 e. The van der Waals surface area contributed by atoms with E-state index in [0.29, 0.717) is 48.3 Å². The molecule has 328 valence electrons. The average molecular weight is 860 g/mol. The van der Waals surface area contributed by atoms with Gasteiger partial charge in [0.2, 0.25) is 5.75 Å². The van der Waals surface area contributed by atoms with Crippen LogP contribution >= 0.6 is 21.6 Å². The highest BCUT2D eigenvalue weighted by Gasteiger charge is 2.47. The second kappa shape index (κ2) is 22.0. The van der Waals surface area contributed by atoms with Gasteiger partial charge in [0.25, 0.3) is 0 Å². The Morgan fingerprint density at radius 2 is 1.76 bits per heavy atom. The zero-order valence-electron chi connectivity index (χ0n) is 34.5. The van der Waals surface area contributed by atoms with Crippen molar-refractivity contribution in [2.24, 2.45) is 29.1 Å². The van der Waals surface area contributed by atoms with Gasteiger partial charge >= 0.3 is 0 Å². The standard InChI is InChI=1S/C45H65NO11S2/c1-28-6-5-13-45(23-28)12-3-4-14-46-24-31-8-10-33(20-36(31)45)57-40-19-30-7-9-32(55-26-48)21-37(50)35(16-29-17-41(54-2)44(53)42(18-29)56-27-49)39(52)25-58-59-43(11-15-47)34(30)22-38(40)51/h17-19,22,28,31-33,35-37,39,43,46-53H,4-11,13-16,20-21,23-27H2,1-2H3. The van der Waals surface area contributed by atoms with Crippen molar-refractivity contribution in [2.75, 3.05) is 46.1 Å². The Kier molecular flexibility index (Phi) is 17.1. The fraction of sp³-hybridized carbons (Fsp3) is 0.689. The lowest BCUT2D eigenvalue weighted by atomic mass is 9.56. The van der Waals surface area contributed by atoms with E-state index in [0.717, 1.165) is 62.7 Å². The number of nitrogens with one attached hydrogen (secondary N) is 1.